The molecule has 0 spiro atoms. The Labute approximate surface area is 444 Å². The average molecular weight is 1160 g/mol. The standard InChI is InChI=1S/C65H38F4N5.Ir/c66-62-60(64(68)73(71-62)51-21-6-2-7-22-51)57-29-14-12-27-55(57)49-38-48(39-50(40-49)56-28-13-15-30-58(56)61-63(67)72-74(65(61)69)52-23-8-3-9-24-52)54-26-11-10-25-53(54)47-35-36-59(70-41-47)46-20-16-19-45(37-46)44-33-31-43(32-34-44)42-17-4-1-5-18-42;/h1-19,21,23,25-41H;/q-3;+3. The first-order valence-corrected chi connectivity index (χ1v) is 23.8. The number of hydrogen-bond donors (Lipinski definition) is 0. The maximum atomic E-state index is 16.6. The first kappa shape index (κ1) is 48.2. The van der Waals surface area contributed by atoms with Crippen molar-refractivity contribution in [2.24, 2.45) is 0 Å². The number of rotatable bonds is 11. The second-order valence-corrected chi connectivity index (χ2v) is 17.5. The van der Waals surface area contributed by atoms with Crippen molar-refractivity contribution in [1.82, 2.24) is 24.5 Å². The van der Waals surface area contributed by atoms with Crippen molar-refractivity contribution in [3.63, 3.8) is 0 Å². The number of aromatic nitrogens is 5. The van der Waals surface area contributed by atoms with Crippen molar-refractivity contribution in [3.05, 3.63) is 273 Å². The van der Waals surface area contributed by atoms with Gasteiger partial charge in [0, 0.05) is 6.20 Å². The fraction of sp³-hybridized carbons (Fsp3) is 0. The third-order valence-corrected chi connectivity index (χ3v) is 13.1. The Morgan fingerprint density at radius 1 is 0.333 bits per heavy atom. The molecule has 12 rings (SSSR count). The Hall–Kier alpha value is -9.08. The molecule has 3 heterocycles. The maximum Gasteiger partial charge on any atom is 3.00 e. The van der Waals surface area contributed by atoms with E-state index >= 15 is 17.6 Å². The first-order valence-electron chi connectivity index (χ1n) is 23.8. The molecule has 75 heavy (non-hydrogen) atoms. The Morgan fingerprint density at radius 3 is 1.21 bits per heavy atom. The SMILES string of the molecule is Fc1nn(-c2[c-]cccc2)c(F)c1-c1ccccc1-c1cc(-c2ccccc2-c2ccc(-c3[c-]ccc(-c4ccc(-c5ccccc5)cc4)c3)nc2)cc(-c2ccccc2-c2c(F)nn(-c3[c-]cccc3)c2F)c1.[Ir+3]. The van der Waals surface area contributed by atoms with Gasteiger partial charge in [0.25, 0.3) is 0 Å². The Balaban J connectivity index is 0.00000602. The normalized spacial score (nSPS) is 11.1. The number of nitrogens with zero attached hydrogens (tertiary/aromatic N) is 5. The molecule has 0 saturated carbocycles. The van der Waals surface area contributed by atoms with Gasteiger partial charge in [-0.3, -0.25) is 0 Å². The first-order chi connectivity index (χ1) is 36.4. The van der Waals surface area contributed by atoms with Crippen molar-refractivity contribution in [1.29, 1.82) is 0 Å². The summed E-state index contributed by atoms with van der Waals surface area (Å²) in [5, 5.41) is 7.93. The zero-order chi connectivity index (χ0) is 50.1. The van der Waals surface area contributed by atoms with Crippen LogP contribution < -0.4 is 0 Å². The zero-order valence-electron chi connectivity index (χ0n) is 39.5. The molecule has 0 aliphatic heterocycles. The summed E-state index contributed by atoms with van der Waals surface area (Å²) in [7, 11) is 0. The predicted octanol–water partition coefficient (Wildman–Crippen LogP) is 16.4. The van der Waals surface area contributed by atoms with E-state index in [2.05, 4.69) is 70.9 Å². The van der Waals surface area contributed by atoms with Crippen molar-refractivity contribution in [2.75, 3.05) is 0 Å². The van der Waals surface area contributed by atoms with Crippen LogP contribution in [0.2, 0.25) is 0 Å². The largest absolute Gasteiger partial charge is 3.00 e. The van der Waals surface area contributed by atoms with Gasteiger partial charge in [0.05, 0.1) is 11.1 Å². The average Bonchev–Trinajstić information content (AvgIpc) is 3.95. The van der Waals surface area contributed by atoms with Crippen molar-refractivity contribution >= 4 is 0 Å². The topological polar surface area (TPSA) is 48.5 Å². The summed E-state index contributed by atoms with van der Waals surface area (Å²) in [5.41, 5.74) is 11.6. The molecule has 0 bridgehead atoms. The molecule has 0 unspecified atom stereocenters. The molecule has 0 amide bonds. The summed E-state index contributed by atoms with van der Waals surface area (Å²) in [6.07, 6.45) is 1.83. The van der Waals surface area contributed by atoms with E-state index in [1.165, 1.54) is 0 Å². The van der Waals surface area contributed by atoms with Crippen LogP contribution in [0, 0.1) is 42.0 Å². The van der Waals surface area contributed by atoms with E-state index in [-0.39, 0.29) is 53.7 Å². The predicted molar refractivity (Wildman–Crippen MR) is 284 cm³/mol. The molecule has 12 aromatic rings. The van der Waals surface area contributed by atoms with E-state index < -0.39 is 23.8 Å². The Bertz CT molecular complexity index is 3840. The van der Waals surface area contributed by atoms with Crippen LogP contribution in [-0.4, -0.2) is 24.5 Å². The third kappa shape index (κ3) is 9.34. The molecule has 0 aliphatic carbocycles. The molecule has 9 aromatic carbocycles. The number of para-hydroxylation sites is 2. The molecule has 0 N–H and O–H groups in total. The molecular formula is C65H38F4IrN5. The molecule has 360 valence electrons. The quantitative estimate of drug-likeness (QED) is 0.0958. The molecule has 0 atom stereocenters. The van der Waals surface area contributed by atoms with Gasteiger partial charge < -0.3 is 4.98 Å². The minimum atomic E-state index is -1.00. The van der Waals surface area contributed by atoms with E-state index in [9.17, 15) is 0 Å². The number of benzene rings is 9. The van der Waals surface area contributed by atoms with E-state index in [4.69, 9.17) is 4.98 Å². The van der Waals surface area contributed by atoms with Gasteiger partial charge in [0.15, 0.2) is 0 Å². The van der Waals surface area contributed by atoms with E-state index in [1.54, 1.807) is 97.1 Å². The van der Waals surface area contributed by atoms with Crippen molar-refractivity contribution < 1.29 is 37.7 Å². The minimum Gasteiger partial charge on any atom is -0.304 e. The number of halogens is 4. The molecular weight excluding hydrogens is 1120 g/mol. The fourth-order valence-corrected chi connectivity index (χ4v) is 9.52. The van der Waals surface area contributed by atoms with Gasteiger partial charge in [-0.15, -0.1) is 57.7 Å². The summed E-state index contributed by atoms with van der Waals surface area (Å²) in [6, 6.07) is 78.8. The van der Waals surface area contributed by atoms with E-state index in [0.29, 0.717) is 27.8 Å². The second kappa shape index (κ2) is 20.8. The van der Waals surface area contributed by atoms with Gasteiger partial charge >= 0.3 is 20.1 Å². The van der Waals surface area contributed by atoms with Crippen LogP contribution in [0.5, 0.6) is 0 Å². The van der Waals surface area contributed by atoms with Crippen LogP contribution in [0.1, 0.15) is 0 Å². The summed E-state index contributed by atoms with van der Waals surface area (Å²) in [6.45, 7) is 0. The summed E-state index contributed by atoms with van der Waals surface area (Å²) in [5.74, 6) is -3.81. The Kier molecular flexibility index (Phi) is 13.4. The zero-order valence-corrected chi connectivity index (χ0v) is 41.9. The van der Waals surface area contributed by atoms with Crippen LogP contribution in [-0.2, 0) is 20.1 Å². The molecule has 5 nitrogen and oxygen atoms in total. The van der Waals surface area contributed by atoms with Gasteiger partial charge in [0.2, 0.25) is 23.8 Å². The van der Waals surface area contributed by atoms with E-state index in [0.717, 1.165) is 59.6 Å². The molecule has 3 aromatic heterocycles. The van der Waals surface area contributed by atoms with E-state index in [1.807, 2.05) is 91.1 Å². The minimum absolute atomic E-state index is 0. The van der Waals surface area contributed by atoms with Gasteiger partial charge in [-0.25, -0.2) is 9.36 Å². The van der Waals surface area contributed by atoms with Crippen LogP contribution in [0.4, 0.5) is 17.6 Å². The number of hydrogen-bond acceptors (Lipinski definition) is 3. The van der Waals surface area contributed by atoms with Gasteiger partial charge in [-0.1, -0.05) is 140 Å². The van der Waals surface area contributed by atoms with Crippen LogP contribution in [0.3, 0.4) is 0 Å². The van der Waals surface area contributed by atoms with Crippen LogP contribution in [0.15, 0.2) is 231 Å². The smallest absolute Gasteiger partial charge is 0.304 e. The van der Waals surface area contributed by atoms with Gasteiger partial charge in [0.1, 0.15) is 0 Å². The van der Waals surface area contributed by atoms with Crippen LogP contribution >= 0.6 is 0 Å². The third-order valence-electron chi connectivity index (χ3n) is 13.1. The maximum absolute atomic E-state index is 16.6. The molecule has 0 aliphatic rings. The number of pyridine rings is 1. The summed E-state index contributed by atoms with van der Waals surface area (Å²) in [4.78, 5) is 4.96. The molecule has 0 saturated heterocycles. The fourth-order valence-electron chi connectivity index (χ4n) is 9.52. The second-order valence-electron chi connectivity index (χ2n) is 17.5. The molecule has 0 radical (unpaired) electrons. The Morgan fingerprint density at radius 2 is 0.747 bits per heavy atom. The molecule has 0 fully saturated rings. The summed E-state index contributed by atoms with van der Waals surface area (Å²) >= 11 is 0. The monoisotopic (exact) mass is 1160 g/mol. The van der Waals surface area contributed by atoms with Gasteiger partial charge in [-0.2, -0.15) is 66.1 Å². The van der Waals surface area contributed by atoms with Crippen LogP contribution in [0.25, 0.3) is 112 Å². The van der Waals surface area contributed by atoms with Gasteiger partial charge in [-0.05, 0) is 108 Å². The summed E-state index contributed by atoms with van der Waals surface area (Å²) < 4.78 is 67.2. The van der Waals surface area contributed by atoms with Crippen molar-refractivity contribution in [3.8, 4) is 112 Å². The molecule has 10 heteroatoms. The van der Waals surface area contributed by atoms with Crippen molar-refractivity contribution in [2.45, 2.75) is 0 Å².